The molecule has 1 atom stereocenters. The summed E-state index contributed by atoms with van der Waals surface area (Å²) in [5.74, 6) is -0.183. The van der Waals surface area contributed by atoms with Gasteiger partial charge in [0.05, 0.1) is 15.8 Å². The van der Waals surface area contributed by atoms with Gasteiger partial charge in [-0.05, 0) is 73.7 Å². The van der Waals surface area contributed by atoms with Crippen LogP contribution in [0.15, 0.2) is 40.1 Å². The molecule has 0 aliphatic heterocycles. The number of nitrogens with two attached hydrogens (primary N) is 2. The van der Waals surface area contributed by atoms with Crippen molar-refractivity contribution in [1.29, 1.82) is 5.41 Å². The molecule has 0 aliphatic carbocycles. The summed E-state index contributed by atoms with van der Waals surface area (Å²) < 4.78 is 26.6. The highest BCUT2D eigenvalue weighted by atomic mass is 32.2. The van der Waals surface area contributed by atoms with Gasteiger partial charge in [-0.2, -0.15) is 0 Å². The molecule has 0 unspecified atom stereocenters. The number of sulfone groups is 1. The summed E-state index contributed by atoms with van der Waals surface area (Å²) in [5.41, 5.74) is 14.6. The predicted molar refractivity (Wildman–Crippen MR) is 101 cm³/mol. The molecule has 0 saturated carbocycles. The van der Waals surface area contributed by atoms with Crippen LogP contribution in [-0.4, -0.2) is 26.6 Å². The first kappa shape index (κ1) is 19.8. The predicted octanol–water partition coefficient (Wildman–Crippen LogP) is 1.80. The van der Waals surface area contributed by atoms with Gasteiger partial charge in [-0.3, -0.25) is 5.41 Å². The lowest BCUT2D eigenvalue weighted by Crippen LogP contribution is -2.25. The molecule has 6 nitrogen and oxygen atoms in total. The maximum Gasteiger partial charge on any atom is 0.207 e. The summed E-state index contributed by atoms with van der Waals surface area (Å²) >= 11 is 0. The number of nitrogen functional groups attached to an aromatic ring is 1. The summed E-state index contributed by atoms with van der Waals surface area (Å²) in [7, 11) is -3.82. The van der Waals surface area contributed by atoms with Crippen LogP contribution in [0.1, 0.15) is 27.8 Å². The zero-order valence-corrected chi connectivity index (χ0v) is 15.9. The standard InChI is InChI=1S/C19H23N3O3S/c1-11-4-6-17(13(3)12(11)2)26(24,25)18-7-5-14(19(21)22)8-15(18)9-16(20)10-23/h4-8,10,16H,9,20H2,1-3H3,(H3,21,22)/t16-/m0/s1. The number of rotatable bonds is 6. The Kier molecular flexibility index (Phi) is 5.63. The molecule has 0 fully saturated rings. The van der Waals surface area contributed by atoms with Crippen LogP contribution in [0.25, 0.3) is 0 Å². The van der Waals surface area contributed by atoms with Crippen LogP contribution in [0, 0.1) is 26.2 Å². The van der Waals surface area contributed by atoms with Gasteiger partial charge >= 0.3 is 0 Å². The fraction of sp³-hybridized carbons (Fsp3) is 0.263. The minimum absolute atomic E-state index is 0.0447. The van der Waals surface area contributed by atoms with E-state index in [2.05, 4.69) is 0 Å². The molecule has 0 saturated heterocycles. The van der Waals surface area contributed by atoms with Gasteiger partial charge in [0.1, 0.15) is 12.1 Å². The summed E-state index contributed by atoms with van der Waals surface area (Å²) in [4.78, 5) is 11.2. The summed E-state index contributed by atoms with van der Waals surface area (Å²) in [5, 5.41) is 7.56. The average molecular weight is 373 g/mol. The first-order valence-corrected chi connectivity index (χ1v) is 9.58. The van der Waals surface area contributed by atoms with E-state index < -0.39 is 15.9 Å². The first-order chi connectivity index (χ1) is 12.1. The van der Waals surface area contributed by atoms with E-state index in [1.54, 1.807) is 19.1 Å². The topological polar surface area (TPSA) is 127 Å². The Morgan fingerprint density at radius 1 is 1.12 bits per heavy atom. The third-order valence-corrected chi connectivity index (χ3v) is 6.59. The Hall–Kier alpha value is -2.51. The molecule has 5 N–H and O–H groups in total. The molecule has 0 bridgehead atoms. The van der Waals surface area contributed by atoms with Crippen molar-refractivity contribution in [3.63, 3.8) is 0 Å². The highest BCUT2D eigenvalue weighted by Crippen LogP contribution is 2.30. The van der Waals surface area contributed by atoms with Gasteiger partial charge < -0.3 is 16.3 Å². The van der Waals surface area contributed by atoms with E-state index in [9.17, 15) is 13.2 Å². The molecule has 0 aliphatic rings. The van der Waals surface area contributed by atoms with E-state index in [0.29, 0.717) is 23.0 Å². The Morgan fingerprint density at radius 2 is 1.73 bits per heavy atom. The minimum Gasteiger partial charge on any atom is -0.384 e. The van der Waals surface area contributed by atoms with Crippen molar-refractivity contribution >= 4 is 22.0 Å². The van der Waals surface area contributed by atoms with Gasteiger partial charge in [0, 0.05) is 5.56 Å². The van der Waals surface area contributed by atoms with Gasteiger partial charge in [0.25, 0.3) is 0 Å². The van der Waals surface area contributed by atoms with E-state index in [1.807, 2.05) is 13.8 Å². The maximum atomic E-state index is 13.3. The summed E-state index contributed by atoms with van der Waals surface area (Å²) in [6.07, 6.45) is 0.612. The monoisotopic (exact) mass is 373 g/mol. The maximum absolute atomic E-state index is 13.3. The fourth-order valence-corrected chi connectivity index (χ4v) is 4.59. The van der Waals surface area contributed by atoms with Crippen molar-refractivity contribution in [2.75, 3.05) is 0 Å². The molecular formula is C19H23N3O3S. The van der Waals surface area contributed by atoms with Crippen LogP contribution in [-0.2, 0) is 21.1 Å². The minimum atomic E-state index is -3.82. The largest absolute Gasteiger partial charge is 0.384 e. The number of aldehydes is 1. The molecule has 2 aromatic carbocycles. The molecule has 138 valence electrons. The van der Waals surface area contributed by atoms with E-state index >= 15 is 0 Å². The van der Waals surface area contributed by atoms with E-state index in [0.717, 1.165) is 11.1 Å². The van der Waals surface area contributed by atoms with Crippen LogP contribution in [0.2, 0.25) is 0 Å². The second kappa shape index (κ2) is 7.39. The summed E-state index contributed by atoms with van der Waals surface area (Å²) in [6.45, 7) is 5.58. The Labute approximate surface area is 153 Å². The number of nitrogens with one attached hydrogen (secondary N) is 1. The molecular weight excluding hydrogens is 350 g/mol. The molecule has 7 heteroatoms. The number of hydrogen-bond donors (Lipinski definition) is 3. The van der Waals surface area contributed by atoms with Crippen LogP contribution in [0.3, 0.4) is 0 Å². The average Bonchev–Trinajstić information content (AvgIpc) is 2.59. The highest BCUT2D eigenvalue weighted by molar-refractivity contribution is 7.91. The lowest BCUT2D eigenvalue weighted by molar-refractivity contribution is -0.108. The zero-order valence-electron chi connectivity index (χ0n) is 15.0. The molecule has 26 heavy (non-hydrogen) atoms. The molecule has 2 rings (SSSR count). The number of carbonyl (C=O) groups is 1. The van der Waals surface area contributed by atoms with Gasteiger partial charge in [0.15, 0.2) is 0 Å². The Bertz CT molecular complexity index is 982. The quantitative estimate of drug-likeness (QED) is 0.404. The Balaban J connectivity index is 2.71. The third kappa shape index (κ3) is 3.68. The van der Waals surface area contributed by atoms with E-state index in [1.165, 1.54) is 18.2 Å². The van der Waals surface area contributed by atoms with E-state index in [4.69, 9.17) is 16.9 Å². The summed E-state index contributed by atoms with van der Waals surface area (Å²) in [6, 6.07) is 6.95. The number of carbonyl (C=O) groups excluding carboxylic acids is 1. The lowest BCUT2D eigenvalue weighted by atomic mass is 10.0. The zero-order chi connectivity index (χ0) is 19.6. The van der Waals surface area contributed by atoms with Crippen molar-refractivity contribution < 1.29 is 13.2 Å². The molecule has 0 amide bonds. The number of aryl methyl sites for hydroxylation is 1. The smallest absolute Gasteiger partial charge is 0.207 e. The normalized spacial score (nSPS) is 12.6. The fourth-order valence-electron chi connectivity index (χ4n) is 2.81. The number of hydrogen-bond acceptors (Lipinski definition) is 5. The van der Waals surface area contributed by atoms with Crippen LogP contribution in [0.4, 0.5) is 0 Å². The third-order valence-electron chi connectivity index (χ3n) is 4.59. The second-order valence-corrected chi connectivity index (χ2v) is 8.26. The van der Waals surface area contributed by atoms with Crippen molar-refractivity contribution in [1.82, 2.24) is 0 Å². The number of benzene rings is 2. The highest BCUT2D eigenvalue weighted by Gasteiger charge is 2.25. The van der Waals surface area contributed by atoms with Crippen molar-refractivity contribution in [2.45, 2.75) is 43.0 Å². The first-order valence-electron chi connectivity index (χ1n) is 8.09. The molecule has 0 heterocycles. The SMILES string of the molecule is Cc1ccc(S(=O)(=O)c2ccc(C(=N)N)cc2C[C@H](N)C=O)c(C)c1C. The second-order valence-electron chi connectivity index (χ2n) is 6.37. The van der Waals surface area contributed by atoms with Gasteiger partial charge in [-0.25, -0.2) is 8.42 Å². The van der Waals surface area contributed by atoms with Crippen LogP contribution >= 0.6 is 0 Å². The lowest BCUT2D eigenvalue weighted by Gasteiger charge is -2.16. The molecule has 0 radical (unpaired) electrons. The molecule has 2 aromatic rings. The van der Waals surface area contributed by atoms with E-state index in [-0.39, 0.29) is 22.0 Å². The van der Waals surface area contributed by atoms with Gasteiger partial charge in [-0.15, -0.1) is 0 Å². The van der Waals surface area contributed by atoms with Crippen molar-refractivity contribution in [3.05, 3.63) is 58.1 Å². The van der Waals surface area contributed by atoms with Gasteiger partial charge in [0.2, 0.25) is 9.84 Å². The van der Waals surface area contributed by atoms with Crippen molar-refractivity contribution in [3.8, 4) is 0 Å². The Morgan fingerprint density at radius 3 is 2.31 bits per heavy atom. The molecule has 0 spiro atoms. The molecule has 0 aromatic heterocycles. The van der Waals surface area contributed by atoms with Crippen LogP contribution < -0.4 is 11.5 Å². The van der Waals surface area contributed by atoms with Crippen molar-refractivity contribution in [2.24, 2.45) is 11.5 Å². The number of amidine groups is 1. The van der Waals surface area contributed by atoms with Crippen LogP contribution in [0.5, 0.6) is 0 Å². The van der Waals surface area contributed by atoms with Gasteiger partial charge in [-0.1, -0.05) is 6.07 Å².